The van der Waals surface area contributed by atoms with Crippen LogP contribution in [-0.4, -0.2) is 29.2 Å². The van der Waals surface area contributed by atoms with Crippen LogP contribution in [0, 0.1) is 0 Å². The van der Waals surface area contributed by atoms with E-state index >= 15 is 0 Å². The van der Waals surface area contributed by atoms with E-state index in [2.05, 4.69) is 10.3 Å². The summed E-state index contributed by atoms with van der Waals surface area (Å²) in [6.45, 7) is 0. The maximum absolute atomic E-state index is 12.5. The second-order valence-electron chi connectivity index (χ2n) is 4.94. The highest BCUT2D eigenvalue weighted by molar-refractivity contribution is 6.33. The zero-order valence-corrected chi connectivity index (χ0v) is 10.9. The lowest BCUT2D eigenvalue weighted by molar-refractivity contribution is -0.135. The minimum absolute atomic E-state index is 0.231. The van der Waals surface area contributed by atoms with Crippen molar-refractivity contribution >= 4 is 36.0 Å². The Bertz CT molecular complexity index is 784. The first-order valence-electron chi connectivity index (χ1n) is 6.37. The van der Waals surface area contributed by atoms with E-state index in [1.807, 2.05) is 13.9 Å². The first-order chi connectivity index (χ1) is 9.56. The van der Waals surface area contributed by atoms with Crippen molar-refractivity contribution in [1.29, 1.82) is 0 Å². The molecule has 0 radical (unpaired) electrons. The number of aromatic nitrogens is 2. The van der Waals surface area contributed by atoms with Gasteiger partial charge in [0.25, 0.3) is 5.56 Å². The number of nitrogens with one attached hydrogen (secondary N) is 1. The molecule has 1 N–H and O–H groups in total. The number of nitrogens with zero attached hydrogens (tertiary/aromatic N) is 2. The molecule has 6 nitrogen and oxygen atoms in total. The van der Waals surface area contributed by atoms with Gasteiger partial charge in [0.1, 0.15) is 13.9 Å². The largest absolute Gasteiger partial charge is 0.295 e. The van der Waals surface area contributed by atoms with Crippen LogP contribution >= 0.6 is 0 Å². The Labute approximate surface area is 115 Å². The number of carbonyl (C=O) groups excluding carboxylic acids is 2. The van der Waals surface area contributed by atoms with Crippen LogP contribution in [0.5, 0.6) is 0 Å². The van der Waals surface area contributed by atoms with Gasteiger partial charge in [-0.25, -0.2) is 4.98 Å². The normalized spacial score (nSPS) is 19.1. The van der Waals surface area contributed by atoms with Crippen molar-refractivity contribution in [3.63, 3.8) is 0 Å². The molecule has 0 aliphatic carbocycles. The van der Waals surface area contributed by atoms with Gasteiger partial charge >= 0.3 is 0 Å². The molecule has 1 fully saturated rings. The Morgan fingerprint density at radius 3 is 2.85 bits per heavy atom. The molecule has 7 heteroatoms. The Morgan fingerprint density at radius 1 is 1.30 bits per heavy atom. The van der Waals surface area contributed by atoms with E-state index in [1.54, 1.807) is 12.1 Å². The van der Waals surface area contributed by atoms with Crippen LogP contribution in [-0.2, 0) is 9.59 Å². The fourth-order valence-corrected chi connectivity index (χ4v) is 2.42. The number of amides is 2. The van der Waals surface area contributed by atoms with Crippen molar-refractivity contribution in [1.82, 2.24) is 14.9 Å². The lowest BCUT2D eigenvalue weighted by atomic mass is 9.95. The molecule has 1 aliphatic rings. The maximum Gasteiger partial charge on any atom is 0.261 e. The highest BCUT2D eigenvalue weighted by atomic mass is 16.2. The average Bonchev–Trinajstić information content (AvgIpc) is 2.41. The molecule has 20 heavy (non-hydrogen) atoms. The smallest absolute Gasteiger partial charge is 0.261 e. The number of carbonyl (C=O) groups is 2. The molecular formula is C13H12BN3O3. The van der Waals surface area contributed by atoms with E-state index in [9.17, 15) is 14.4 Å². The van der Waals surface area contributed by atoms with Crippen molar-refractivity contribution in [3.05, 3.63) is 34.9 Å². The van der Waals surface area contributed by atoms with E-state index < -0.39 is 11.9 Å². The monoisotopic (exact) mass is 269 g/mol. The summed E-state index contributed by atoms with van der Waals surface area (Å²) in [5, 5.41) is 2.73. The molecule has 3 rings (SSSR count). The number of piperidine rings is 1. The van der Waals surface area contributed by atoms with Gasteiger partial charge in [0, 0.05) is 6.42 Å². The van der Waals surface area contributed by atoms with Crippen LogP contribution in [0.3, 0.4) is 0 Å². The molecule has 2 heterocycles. The molecule has 100 valence electrons. The van der Waals surface area contributed by atoms with Crippen molar-refractivity contribution in [2.45, 2.75) is 18.9 Å². The van der Waals surface area contributed by atoms with Crippen LogP contribution in [0.15, 0.2) is 29.3 Å². The van der Waals surface area contributed by atoms with Gasteiger partial charge in [0.05, 0.1) is 17.2 Å². The summed E-state index contributed by atoms with van der Waals surface area (Å²) >= 11 is 0. The fraction of sp³-hybridized carbons (Fsp3) is 0.231. The van der Waals surface area contributed by atoms with E-state index in [1.165, 1.54) is 10.9 Å². The summed E-state index contributed by atoms with van der Waals surface area (Å²) < 4.78 is 1.31. The SMILES string of the molecule is Bc1ccc2ncn(C3CCC(=O)NC3=O)c(=O)c2c1. The Balaban J connectivity index is 2.13. The van der Waals surface area contributed by atoms with Crippen LogP contribution in [0.25, 0.3) is 10.9 Å². The van der Waals surface area contributed by atoms with E-state index in [0.717, 1.165) is 5.46 Å². The summed E-state index contributed by atoms with van der Waals surface area (Å²) in [5.74, 6) is -0.749. The Hall–Kier alpha value is -2.44. The molecule has 0 saturated carbocycles. The molecular weight excluding hydrogens is 257 g/mol. The third-order valence-corrected chi connectivity index (χ3v) is 3.48. The summed E-state index contributed by atoms with van der Waals surface area (Å²) in [6.07, 6.45) is 1.93. The molecule has 1 aromatic carbocycles. The van der Waals surface area contributed by atoms with Crippen LogP contribution < -0.4 is 16.3 Å². The second-order valence-corrected chi connectivity index (χ2v) is 4.94. The summed E-state index contributed by atoms with van der Waals surface area (Å²) in [4.78, 5) is 39.7. The van der Waals surface area contributed by atoms with Crippen LogP contribution in [0.4, 0.5) is 0 Å². The van der Waals surface area contributed by atoms with Gasteiger partial charge in [-0.3, -0.25) is 24.3 Å². The molecule has 0 bridgehead atoms. The lowest BCUT2D eigenvalue weighted by Gasteiger charge is -2.22. The molecule has 1 aromatic heterocycles. The Kier molecular flexibility index (Phi) is 2.89. The Morgan fingerprint density at radius 2 is 2.10 bits per heavy atom. The van der Waals surface area contributed by atoms with Crippen molar-refractivity contribution in [2.75, 3.05) is 0 Å². The number of benzene rings is 1. The van der Waals surface area contributed by atoms with Crippen LogP contribution in [0.2, 0.25) is 0 Å². The fourth-order valence-electron chi connectivity index (χ4n) is 2.42. The second kappa shape index (κ2) is 4.59. The minimum Gasteiger partial charge on any atom is -0.295 e. The number of hydrogen-bond acceptors (Lipinski definition) is 4. The summed E-state index contributed by atoms with van der Waals surface area (Å²) in [6, 6.07) is 4.75. The summed E-state index contributed by atoms with van der Waals surface area (Å²) in [5.41, 5.74) is 1.30. The van der Waals surface area contributed by atoms with Gasteiger partial charge in [-0.1, -0.05) is 17.6 Å². The summed E-state index contributed by atoms with van der Waals surface area (Å²) in [7, 11) is 1.89. The topological polar surface area (TPSA) is 81.1 Å². The third-order valence-electron chi connectivity index (χ3n) is 3.48. The quantitative estimate of drug-likeness (QED) is 0.511. The molecule has 1 aliphatic heterocycles. The predicted octanol–water partition coefficient (Wildman–Crippen LogP) is -1.37. The van der Waals surface area contributed by atoms with Gasteiger partial charge in [-0.05, 0) is 12.5 Å². The van der Waals surface area contributed by atoms with Gasteiger partial charge in [-0.15, -0.1) is 0 Å². The van der Waals surface area contributed by atoms with Crippen molar-refractivity contribution in [2.24, 2.45) is 0 Å². The van der Waals surface area contributed by atoms with Crippen molar-refractivity contribution < 1.29 is 9.59 Å². The highest BCUT2D eigenvalue weighted by Gasteiger charge is 2.29. The zero-order valence-electron chi connectivity index (χ0n) is 10.9. The zero-order chi connectivity index (χ0) is 14.3. The third kappa shape index (κ3) is 2.01. The molecule has 0 spiro atoms. The standard InChI is InChI=1S/C13H12BN3O3/c14-7-1-2-9-8(5-7)13(20)17(6-15-9)10-3-4-11(18)16-12(10)19/h1-2,5-6,10H,3-4,14H2,(H,16,18,19). The number of hydrogen-bond donors (Lipinski definition) is 1. The lowest BCUT2D eigenvalue weighted by Crippen LogP contribution is -2.44. The van der Waals surface area contributed by atoms with E-state index in [-0.39, 0.29) is 17.9 Å². The van der Waals surface area contributed by atoms with Gasteiger partial charge in [0.15, 0.2) is 0 Å². The number of rotatable bonds is 1. The first-order valence-corrected chi connectivity index (χ1v) is 6.37. The first kappa shape index (κ1) is 12.6. The molecule has 1 atom stereocenters. The number of fused-ring (bicyclic) bond motifs is 1. The van der Waals surface area contributed by atoms with E-state index in [0.29, 0.717) is 17.3 Å². The predicted molar refractivity (Wildman–Crippen MR) is 75.6 cm³/mol. The maximum atomic E-state index is 12.5. The molecule has 1 unspecified atom stereocenters. The molecule has 1 saturated heterocycles. The van der Waals surface area contributed by atoms with Crippen molar-refractivity contribution in [3.8, 4) is 0 Å². The van der Waals surface area contributed by atoms with E-state index in [4.69, 9.17) is 0 Å². The van der Waals surface area contributed by atoms with Crippen LogP contribution in [0.1, 0.15) is 18.9 Å². The molecule has 2 amide bonds. The average molecular weight is 269 g/mol. The number of imide groups is 1. The highest BCUT2D eigenvalue weighted by Crippen LogP contribution is 2.17. The molecule has 2 aromatic rings. The van der Waals surface area contributed by atoms with Gasteiger partial charge in [-0.2, -0.15) is 0 Å². The van der Waals surface area contributed by atoms with Gasteiger partial charge in [0.2, 0.25) is 11.8 Å². The minimum atomic E-state index is -0.669. The van der Waals surface area contributed by atoms with Gasteiger partial charge < -0.3 is 0 Å².